The van der Waals surface area contributed by atoms with Crippen molar-refractivity contribution < 1.29 is 9.90 Å². The third-order valence-electron chi connectivity index (χ3n) is 2.86. The largest absolute Gasteiger partial charge is 0.481 e. The van der Waals surface area contributed by atoms with Crippen LogP contribution in [0.3, 0.4) is 0 Å². The Hall–Kier alpha value is -2.16. The fourth-order valence-corrected chi connectivity index (χ4v) is 1.77. The Morgan fingerprint density at radius 1 is 1.22 bits per heavy atom. The number of carboxylic acid groups (broad SMARTS) is 1. The van der Waals surface area contributed by atoms with E-state index in [0.29, 0.717) is 6.42 Å². The van der Waals surface area contributed by atoms with Gasteiger partial charge in [0, 0.05) is 11.8 Å². The molecule has 0 spiro atoms. The second-order valence-corrected chi connectivity index (χ2v) is 4.36. The summed E-state index contributed by atoms with van der Waals surface area (Å²) in [6, 6.07) is 13.8. The van der Waals surface area contributed by atoms with Gasteiger partial charge >= 0.3 is 5.97 Å². The van der Waals surface area contributed by atoms with Crippen LogP contribution in [0.15, 0.2) is 48.7 Å². The number of carbonyl (C=O) groups is 1. The molecule has 0 saturated heterocycles. The zero-order valence-electron chi connectivity index (χ0n) is 10.2. The highest BCUT2D eigenvalue weighted by molar-refractivity contribution is 5.70. The van der Waals surface area contributed by atoms with Crippen LogP contribution in [0.25, 0.3) is 11.3 Å². The van der Waals surface area contributed by atoms with Gasteiger partial charge in [-0.25, -0.2) is 0 Å². The van der Waals surface area contributed by atoms with Crippen LogP contribution in [-0.4, -0.2) is 16.1 Å². The van der Waals surface area contributed by atoms with Gasteiger partial charge < -0.3 is 5.11 Å². The molecule has 1 heterocycles. The van der Waals surface area contributed by atoms with Gasteiger partial charge in [0.25, 0.3) is 0 Å². The molecule has 1 aromatic heterocycles. The normalized spacial score (nSPS) is 12.1. The molecule has 3 nitrogen and oxygen atoms in total. The van der Waals surface area contributed by atoms with Gasteiger partial charge in [-0.1, -0.05) is 43.3 Å². The molecular formula is C15H15NO2. The van der Waals surface area contributed by atoms with Gasteiger partial charge in [-0.05, 0) is 18.1 Å². The maximum absolute atomic E-state index is 10.8. The van der Waals surface area contributed by atoms with Gasteiger partial charge in [-0.3, -0.25) is 9.78 Å². The number of hydrogen-bond donors (Lipinski definition) is 1. The van der Waals surface area contributed by atoms with Crippen molar-refractivity contribution in [3.8, 4) is 11.3 Å². The quantitative estimate of drug-likeness (QED) is 0.895. The molecule has 18 heavy (non-hydrogen) atoms. The number of nitrogens with zero attached hydrogens (tertiary/aromatic N) is 1. The van der Waals surface area contributed by atoms with Crippen molar-refractivity contribution in [2.45, 2.75) is 13.3 Å². The molecule has 0 radical (unpaired) electrons. The van der Waals surface area contributed by atoms with Crippen molar-refractivity contribution in [1.29, 1.82) is 0 Å². The van der Waals surface area contributed by atoms with Crippen LogP contribution in [0.2, 0.25) is 0 Å². The summed E-state index contributed by atoms with van der Waals surface area (Å²) in [6.07, 6.45) is 2.26. The maximum atomic E-state index is 10.8. The number of hydrogen-bond acceptors (Lipinski definition) is 2. The number of rotatable bonds is 4. The summed E-state index contributed by atoms with van der Waals surface area (Å²) in [7, 11) is 0. The van der Waals surface area contributed by atoms with E-state index in [9.17, 15) is 4.79 Å². The van der Waals surface area contributed by atoms with Gasteiger partial charge in [0.2, 0.25) is 0 Å². The van der Waals surface area contributed by atoms with E-state index in [-0.39, 0.29) is 5.92 Å². The first-order valence-corrected chi connectivity index (χ1v) is 5.90. The number of pyridine rings is 1. The third-order valence-corrected chi connectivity index (χ3v) is 2.86. The van der Waals surface area contributed by atoms with E-state index in [1.165, 1.54) is 0 Å². The Labute approximate surface area is 106 Å². The molecule has 0 saturated carbocycles. The van der Waals surface area contributed by atoms with E-state index in [2.05, 4.69) is 4.98 Å². The second kappa shape index (κ2) is 5.45. The Kier molecular flexibility index (Phi) is 3.72. The zero-order chi connectivity index (χ0) is 13.0. The van der Waals surface area contributed by atoms with Crippen molar-refractivity contribution in [3.63, 3.8) is 0 Å². The SMILES string of the molecule is CC(Cc1ccc(-c2ccccc2)nc1)C(=O)O. The fraction of sp³-hybridized carbons (Fsp3) is 0.200. The average molecular weight is 241 g/mol. The van der Waals surface area contributed by atoms with Crippen molar-refractivity contribution in [2.75, 3.05) is 0 Å². The lowest BCUT2D eigenvalue weighted by molar-refractivity contribution is -0.141. The second-order valence-electron chi connectivity index (χ2n) is 4.36. The van der Waals surface area contributed by atoms with Gasteiger partial charge in [-0.15, -0.1) is 0 Å². The van der Waals surface area contributed by atoms with E-state index in [4.69, 9.17) is 5.11 Å². The predicted molar refractivity (Wildman–Crippen MR) is 70.2 cm³/mol. The summed E-state index contributed by atoms with van der Waals surface area (Å²) in [5.41, 5.74) is 2.92. The predicted octanol–water partition coefficient (Wildman–Crippen LogP) is 3.01. The van der Waals surface area contributed by atoms with Crippen LogP contribution in [0.4, 0.5) is 0 Å². The molecule has 92 valence electrons. The van der Waals surface area contributed by atoms with Gasteiger partial charge in [-0.2, -0.15) is 0 Å². The number of benzene rings is 1. The Balaban J connectivity index is 2.13. The van der Waals surface area contributed by atoms with E-state index in [0.717, 1.165) is 16.8 Å². The number of aliphatic carboxylic acids is 1. The third kappa shape index (κ3) is 2.94. The summed E-state index contributed by atoms with van der Waals surface area (Å²) in [4.78, 5) is 15.1. The van der Waals surface area contributed by atoms with Gasteiger partial charge in [0.15, 0.2) is 0 Å². The molecule has 0 bridgehead atoms. The highest BCUT2D eigenvalue weighted by Crippen LogP contribution is 2.17. The first-order chi connectivity index (χ1) is 8.66. The number of carboxylic acids is 1. The van der Waals surface area contributed by atoms with Crippen LogP contribution in [0.1, 0.15) is 12.5 Å². The first kappa shape index (κ1) is 12.3. The highest BCUT2D eigenvalue weighted by atomic mass is 16.4. The van der Waals surface area contributed by atoms with E-state index >= 15 is 0 Å². The first-order valence-electron chi connectivity index (χ1n) is 5.90. The summed E-state index contributed by atoms with van der Waals surface area (Å²) in [5.74, 6) is -1.16. The minimum atomic E-state index is -0.776. The Morgan fingerprint density at radius 2 is 1.94 bits per heavy atom. The smallest absolute Gasteiger partial charge is 0.306 e. The monoisotopic (exact) mass is 241 g/mol. The van der Waals surface area contributed by atoms with Crippen molar-refractivity contribution >= 4 is 5.97 Å². The topological polar surface area (TPSA) is 50.2 Å². The molecule has 1 unspecified atom stereocenters. The van der Waals surface area contributed by atoms with Crippen molar-refractivity contribution in [1.82, 2.24) is 4.98 Å². The van der Waals surface area contributed by atoms with Gasteiger partial charge in [0.1, 0.15) is 0 Å². The molecule has 2 aromatic rings. The minimum absolute atomic E-state index is 0.380. The Bertz CT molecular complexity index is 520. The standard InChI is InChI=1S/C15H15NO2/c1-11(15(17)18)9-12-7-8-14(16-10-12)13-5-3-2-4-6-13/h2-8,10-11H,9H2,1H3,(H,17,18). The van der Waals surface area contributed by atoms with Crippen LogP contribution < -0.4 is 0 Å². The number of aromatic nitrogens is 1. The van der Waals surface area contributed by atoms with Crippen molar-refractivity contribution in [2.24, 2.45) is 5.92 Å². The maximum Gasteiger partial charge on any atom is 0.306 e. The fourth-order valence-electron chi connectivity index (χ4n) is 1.77. The van der Waals surface area contributed by atoms with E-state index < -0.39 is 5.97 Å². The molecule has 2 rings (SSSR count). The summed E-state index contributed by atoms with van der Waals surface area (Å²) < 4.78 is 0. The zero-order valence-corrected chi connectivity index (χ0v) is 10.2. The lowest BCUT2D eigenvalue weighted by atomic mass is 10.0. The van der Waals surface area contributed by atoms with Crippen LogP contribution >= 0.6 is 0 Å². The lowest BCUT2D eigenvalue weighted by Crippen LogP contribution is -2.12. The van der Waals surface area contributed by atoms with Crippen LogP contribution in [0.5, 0.6) is 0 Å². The average Bonchev–Trinajstić information content (AvgIpc) is 2.40. The molecule has 0 aliphatic carbocycles. The molecule has 0 aliphatic heterocycles. The molecule has 0 aliphatic rings. The summed E-state index contributed by atoms with van der Waals surface area (Å²) in [6.45, 7) is 1.70. The minimum Gasteiger partial charge on any atom is -0.481 e. The van der Waals surface area contributed by atoms with Gasteiger partial charge in [0.05, 0.1) is 11.6 Å². The van der Waals surface area contributed by atoms with E-state index in [1.807, 2.05) is 42.5 Å². The molecule has 1 atom stereocenters. The van der Waals surface area contributed by atoms with Crippen LogP contribution in [0, 0.1) is 5.92 Å². The van der Waals surface area contributed by atoms with E-state index in [1.54, 1.807) is 13.1 Å². The van der Waals surface area contributed by atoms with Crippen molar-refractivity contribution in [3.05, 3.63) is 54.2 Å². The molecule has 3 heteroatoms. The summed E-state index contributed by atoms with van der Waals surface area (Å²) in [5, 5.41) is 8.86. The summed E-state index contributed by atoms with van der Waals surface area (Å²) >= 11 is 0. The molecule has 0 fully saturated rings. The highest BCUT2D eigenvalue weighted by Gasteiger charge is 2.11. The lowest BCUT2D eigenvalue weighted by Gasteiger charge is -2.06. The Morgan fingerprint density at radius 3 is 2.50 bits per heavy atom. The molecule has 1 N–H and O–H groups in total. The molecule has 1 aromatic carbocycles. The van der Waals surface area contributed by atoms with Crippen LogP contribution in [-0.2, 0) is 11.2 Å². The molecule has 0 amide bonds. The molecular weight excluding hydrogens is 226 g/mol.